The highest BCUT2D eigenvalue weighted by molar-refractivity contribution is 5.79. The van der Waals surface area contributed by atoms with Gasteiger partial charge in [0.2, 0.25) is 0 Å². The van der Waals surface area contributed by atoms with Gasteiger partial charge in [0.25, 0.3) is 0 Å². The summed E-state index contributed by atoms with van der Waals surface area (Å²) in [5, 5.41) is 3.43. The third-order valence-electron chi connectivity index (χ3n) is 6.38. The molecule has 0 radical (unpaired) electrons. The first-order valence-corrected chi connectivity index (χ1v) is 12.4. The topological polar surface area (TPSA) is 43.0 Å². The van der Waals surface area contributed by atoms with Gasteiger partial charge in [0.15, 0.2) is 0 Å². The van der Waals surface area contributed by atoms with E-state index in [2.05, 4.69) is 83.0 Å². The van der Waals surface area contributed by atoms with Gasteiger partial charge < -0.3 is 24.4 Å². The Morgan fingerprint density at radius 3 is 1.05 bits per heavy atom. The molecule has 0 amide bonds. The number of ether oxygens (including phenoxy) is 3. The first kappa shape index (κ1) is 24.8. The predicted molar refractivity (Wildman–Crippen MR) is 156 cm³/mol. The molecule has 0 aliphatic heterocycles. The lowest BCUT2D eigenvalue weighted by Crippen LogP contribution is -2.09. The van der Waals surface area contributed by atoms with Crippen molar-refractivity contribution in [2.75, 3.05) is 31.5 Å². The van der Waals surface area contributed by atoms with Crippen molar-refractivity contribution >= 4 is 28.4 Å². The van der Waals surface area contributed by atoms with Gasteiger partial charge in [0.1, 0.15) is 17.2 Å². The fraction of sp³-hybridized carbons (Fsp3) is 0.0909. The van der Waals surface area contributed by atoms with Crippen LogP contribution >= 0.6 is 0 Å². The molecule has 0 aromatic heterocycles. The molecule has 190 valence electrons. The van der Waals surface area contributed by atoms with E-state index in [-0.39, 0.29) is 0 Å². The van der Waals surface area contributed by atoms with E-state index in [1.54, 1.807) is 21.3 Å². The summed E-state index contributed by atoms with van der Waals surface area (Å²) in [5.74, 6) is 2.49. The van der Waals surface area contributed by atoms with Crippen molar-refractivity contribution in [3.8, 4) is 28.4 Å². The third kappa shape index (κ3) is 5.57. The van der Waals surface area contributed by atoms with Crippen LogP contribution in [0.3, 0.4) is 0 Å². The van der Waals surface area contributed by atoms with Crippen LogP contribution in [0.4, 0.5) is 28.4 Å². The predicted octanol–water partition coefficient (Wildman–Crippen LogP) is 8.59. The highest BCUT2D eigenvalue weighted by Gasteiger charge is 2.13. The molecule has 0 aliphatic carbocycles. The molecule has 0 aliphatic rings. The number of benzene rings is 5. The normalized spacial score (nSPS) is 10.5. The molecular weight excluding hydrogens is 472 g/mol. The van der Waals surface area contributed by atoms with Crippen LogP contribution in [0.15, 0.2) is 121 Å². The zero-order chi connectivity index (χ0) is 26.3. The molecule has 0 saturated heterocycles. The van der Waals surface area contributed by atoms with Crippen LogP contribution in [-0.4, -0.2) is 21.3 Å². The summed E-state index contributed by atoms with van der Waals surface area (Å²) in [6.07, 6.45) is 0. The molecular formula is C33H30N2O3. The van der Waals surface area contributed by atoms with E-state index in [4.69, 9.17) is 14.2 Å². The number of nitrogens with one attached hydrogen (secondary N) is 1. The summed E-state index contributed by atoms with van der Waals surface area (Å²) in [5.41, 5.74) is 7.48. The number of hydrogen-bond donors (Lipinski definition) is 1. The minimum absolute atomic E-state index is 0.823. The van der Waals surface area contributed by atoms with E-state index in [1.165, 1.54) is 0 Å². The quantitative estimate of drug-likeness (QED) is 0.219. The summed E-state index contributed by atoms with van der Waals surface area (Å²) >= 11 is 0. The number of hydrogen-bond acceptors (Lipinski definition) is 5. The van der Waals surface area contributed by atoms with Crippen LogP contribution in [0.5, 0.6) is 17.2 Å². The van der Waals surface area contributed by atoms with Gasteiger partial charge in [-0.2, -0.15) is 0 Å². The van der Waals surface area contributed by atoms with Crippen molar-refractivity contribution in [2.24, 2.45) is 0 Å². The first-order chi connectivity index (χ1) is 18.7. The van der Waals surface area contributed by atoms with Crippen LogP contribution in [0, 0.1) is 0 Å². The Morgan fingerprint density at radius 1 is 0.395 bits per heavy atom. The van der Waals surface area contributed by atoms with E-state index in [9.17, 15) is 0 Å². The van der Waals surface area contributed by atoms with E-state index < -0.39 is 0 Å². The first-order valence-electron chi connectivity index (χ1n) is 12.4. The second kappa shape index (κ2) is 11.4. The fourth-order valence-corrected chi connectivity index (χ4v) is 4.30. The van der Waals surface area contributed by atoms with Gasteiger partial charge in [-0.05, 0) is 108 Å². The molecule has 5 aromatic carbocycles. The van der Waals surface area contributed by atoms with Crippen LogP contribution in [0.1, 0.15) is 0 Å². The van der Waals surface area contributed by atoms with Gasteiger partial charge in [-0.1, -0.05) is 24.3 Å². The van der Waals surface area contributed by atoms with Crippen molar-refractivity contribution in [2.45, 2.75) is 0 Å². The van der Waals surface area contributed by atoms with Gasteiger partial charge in [-0.3, -0.25) is 0 Å². The molecule has 5 heteroatoms. The maximum absolute atomic E-state index is 5.36. The Kier molecular flexibility index (Phi) is 7.46. The maximum atomic E-state index is 5.36. The molecule has 0 atom stereocenters. The Balaban J connectivity index is 1.38. The fourth-order valence-electron chi connectivity index (χ4n) is 4.30. The van der Waals surface area contributed by atoms with Gasteiger partial charge >= 0.3 is 0 Å². The lowest BCUT2D eigenvalue weighted by atomic mass is 10.0. The van der Waals surface area contributed by atoms with Crippen molar-refractivity contribution in [1.82, 2.24) is 0 Å². The summed E-state index contributed by atoms with van der Waals surface area (Å²) in [6.45, 7) is 0. The summed E-state index contributed by atoms with van der Waals surface area (Å²) in [7, 11) is 5.02. The third-order valence-corrected chi connectivity index (χ3v) is 6.38. The summed E-state index contributed by atoms with van der Waals surface area (Å²) in [4.78, 5) is 2.21. The number of nitrogens with zero attached hydrogens (tertiary/aromatic N) is 1. The average Bonchev–Trinajstić information content (AvgIpc) is 2.99. The Hall–Kier alpha value is -4.90. The van der Waals surface area contributed by atoms with Gasteiger partial charge in [-0.15, -0.1) is 0 Å². The van der Waals surface area contributed by atoms with E-state index in [0.29, 0.717) is 0 Å². The molecule has 1 N–H and O–H groups in total. The van der Waals surface area contributed by atoms with Crippen molar-refractivity contribution in [3.63, 3.8) is 0 Å². The molecule has 5 aromatic rings. The van der Waals surface area contributed by atoms with E-state index in [0.717, 1.165) is 56.8 Å². The molecule has 0 bridgehead atoms. The zero-order valence-corrected chi connectivity index (χ0v) is 21.7. The molecule has 38 heavy (non-hydrogen) atoms. The second-order valence-corrected chi connectivity index (χ2v) is 8.71. The minimum Gasteiger partial charge on any atom is -0.497 e. The van der Waals surface area contributed by atoms with E-state index >= 15 is 0 Å². The SMILES string of the molecule is COc1ccc(Nc2ccc(-c3ccc(N(c4ccc(OC)cc4)c4ccc(OC)cc4)cc3)cc2)cc1. The monoisotopic (exact) mass is 502 g/mol. The molecule has 0 spiro atoms. The number of anilines is 5. The Morgan fingerprint density at radius 2 is 0.684 bits per heavy atom. The summed E-state index contributed by atoms with van der Waals surface area (Å²) in [6, 6.07) is 41.1. The standard InChI is InChI=1S/C33H30N2O3/c1-36-31-18-10-27(11-19-31)34-26-8-4-24(5-9-26)25-6-12-28(13-7-25)35(29-14-20-32(37-2)21-15-29)30-16-22-33(38-3)23-17-30/h4-23,34H,1-3H3. The highest BCUT2D eigenvalue weighted by atomic mass is 16.5. The lowest BCUT2D eigenvalue weighted by Gasteiger charge is -2.26. The molecule has 0 heterocycles. The highest BCUT2D eigenvalue weighted by Crippen LogP contribution is 2.37. The minimum atomic E-state index is 0.823. The van der Waals surface area contributed by atoms with Crippen LogP contribution in [-0.2, 0) is 0 Å². The Bertz CT molecular complexity index is 1400. The zero-order valence-electron chi connectivity index (χ0n) is 21.7. The lowest BCUT2D eigenvalue weighted by molar-refractivity contribution is 0.414. The second-order valence-electron chi connectivity index (χ2n) is 8.71. The van der Waals surface area contributed by atoms with Crippen LogP contribution in [0.25, 0.3) is 11.1 Å². The largest absolute Gasteiger partial charge is 0.497 e. The van der Waals surface area contributed by atoms with E-state index in [1.807, 2.05) is 48.5 Å². The Labute approximate surface area is 223 Å². The molecule has 5 nitrogen and oxygen atoms in total. The smallest absolute Gasteiger partial charge is 0.119 e. The molecule has 0 fully saturated rings. The molecule has 5 rings (SSSR count). The van der Waals surface area contributed by atoms with Crippen molar-refractivity contribution in [3.05, 3.63) is 121 Å². The van der Waals surface area contributed by atoms with Crippen LogP contribution in [0.2, 0.25) is 0 Å². The maximum Gasteiger partial charge on any atom is 0.119 e. The van der Waals surface area contributed by atoms with Crippen molar-refractivity contribution < 1.29 is 14.2 Å². The van der Waals surface area contributed by atoms with Gasteiger partial charge in [0.05, 0.1) is 21.3 Å². The van der Waals surface area contributed by atoms with Crippen LogP contribution < -0.4 is 24.4 Å². The molecule has 0 saturated carbocycles. The number of methoxy groups -OCH3 is 3. The van der Waals surface area contributed by atoms with Crippen molar-refractivity contribution in [1.29, 1.82) is 0 Å². The van der Waals surface area contributed by atoms with Gasteiger partial charge in [-0.25, -0.2) is 0 Å². The van der Waals surface area contributed by atoms with Gasteiger partial charge in [0, 0.05) is 28.4 Å². The number of rotatable bonds is 9. The summed E-state index contributed by atoms with van der Waals surface area (Å²) < 4.78 is 16.0. The molecule has 0 unspecified atom stereocenters. The average molecular weight is 503 g/mol.